The van der Waals surface area contributed by atoms with E-state index in [9.17, 15) is 10.5 Å². The number of benzene rings is 7. The maximum atomic E-state index is 10.1. The van der Waals surface area contributed by atoms with Crippen LogP contribution in [0.1, 0.15) is 11.1 Å². The third-order valence-electron chi connectivity index (χ3n) is 9.59. The summed E-state index contributed by atoms with van der Waals surface area (Å²) in [5, 5.41) is 23.9. The van der Waals surface area contributed by atoms with E-state index in [-0.39, 0.29) is 0 Å². The molecule has 0 aliphatic heterocycles. The lowest BCUT2D eigenvalue weighted by Gasteiger charge is -2.18. The van der Waals surface area contributed by atoms with Gasteiger partial charge in [0.2, 0.25) is 5.69 Å². The molecule has 0 radical (unpaired) electrons. The topological polar surface area (TPSA) is 61.8 Å². The summed E-state index contributed by atoms with van der Waals surface area (Å²) in [4.78, 5) is 3.89. The molecule has 0 saturated heterocycles. The van der Waals surface area contributed by atoms with Crippen LogP contribution in [0.5, 0.6) is 0 Å². The van der Waals surface area contributed by atoms with Crippen LogP contribution in [0.15, 0.2) is 152 Å². The summed E-state index contributed by atoms with van der Waals surface area (Å²) < 4.78 is 4.43. The molecule has 0 aliphatic rings. The first-order valence-electron chi connectivity index (χ1n) is 16.3. The normalized spacial score (nSPS) is 11.1. The third kappa shape index (κ3) is 4.31. The summed E-state index contributed by atoms with van der Waals surface area (Å²) in [6, 6.07) is 55.6. The summed E-state index contributed by atoms with van der Waals surface area (Å²) in [6.45, 7) is 7.98. The fraction of sp³-hybridized carbons (Fsp3) is 0. The van der Waals surface area contributed by atoms with Crippen LogP contribution < -0.4 is 0 Å². The Morgan fingerprint density at radius 2 is 1.10 bits per heavy atom. The maximum absolute atomic E-state index is 10.1. The molecule has 0 saturated carbocycles. The highest BCUT2D eigenvalue weighted by Gasteiger charge is 2.20. The summed E-state index contributed by atoms with van der Waals surface area (Å²) in [5.41, 5.74) is 11.5. The molecule has 7 aromatic carbocycles. The minimum Gasteiger partial charge on any atom is -0.319 e. The number of para-hydroxylation sites is 3. The monoisotopic (exact) mass is 635 g/mol. The lowest BCUT2D eigenvalue weighted by Crippen LogP contribution is -1.99. The van der Waals surface area contributed by atoms with Crippen molar-refractivity contribution in [1.29, 1.82) is 10.5 Å². The van der Waals surface area contributed by atoms with Gasteiger partial charge in [0.05, 0.1) is 57.6 Å². The molecule has 0 atom stereocenters. The summed E-state index contributed by atoms with van der Waals surface area (Å²) in [5.74, 6) is 0. The number of hydrogen-bond donors (Lipinski definition) is 0. The largest absolute Gasteiger partial charge is 0.319 e. The Morgan fingerprint density at radius 3 is 1.84 bits per heavy atom. The Balaban J connectivity index is 1.29. The van der Waals surface area contributed by atoms with E-state index in [2.05, 4.69) is 111 Å². The van der Waals surface area contributed by atoms with Crippen LogP contribution in [0, 0.1) is 29.2 Å². The van der Waals surface area contributed by atoms with Gasteiger partial charge in [-0.2, -0.15) is 10.5 Å². The average Bonchev–Trinajstić information content (AvgIpc) is 3.70. The number of hydrogen-bond acceptors (Lipinski definition) is 2. The van der Waals surface area contributed by atoms with E-state index in [4.69, 9.17) is 6.57 Å². The van der Waals surface area contributed by atoms with Gasteiger partial charge < -0.3 is 9.13 Å². The second kappa shape index (κ2) is 11.4. The van der Waals surface area contributed by atoms with Crippen molar-refractivity contribution in [2.75, 3.05) is 0 Å². The standard InChI is InChI=1S/C45H25N5/c1-48-40-17-9-16-37-39-25-30(28-47)20-22-43(39)49(45(37)40)32-11-8-10-31(26-32)33-12-2-3-13-34(33)38-24-29(27-46)21-23-44(38)50-41-18-6-4-14-35(41)36-15-5-7-19-42(36)50/h2-26H. The highest BCUT2D eigenvalue weighted by molar-refractivity contribution is 6.14. The second-order valence-electron chi connectivity index (χ2n) is 12.3. The van der Waals surface area contributed by atoms with Crippen molar-refractivity contribution in [3.8, 4) is 45.8 Å². The smallest absolute Gasteiger partial charge is 0.211 e. The molecule has 9 rings (SSSR count). The zero-order valence-electron chi connectivity index (χ0n) is 26.7. The first kappa shape index (κ1) is 28.8. The molecule has 2 aromatic heterocycles. The van der Waals surface area contributed by atoms with Crippen molar-refractivity contribution >= 4 is 49.3 Å². The summed E-state index contributed by atoms with van der Waals surface area (Å²) in [6.07, 6.45) is 0. The van der Waals surface area contributed by atoms with Crippen LogP contribution in [-0.4, -0.2) is 9.13 Å². The van der Waals surface area contributed by atoms with Gasteiger partial charge in [0.15, 0.2) is 0 Å². The lowest BCUT2D eigenvalue weighted by atomic mass is 9.92. The highest BCUT2D eigenvalue weighted by atomic mass is 15.0. The minimum absolute atomic E-state index is 0.548. The van der Waals surface area contributed by atoms with E-state index in [0.717, 1.165) is 66.5 Å². The van der Waals surface area contributed by atoms with E-state index < -0.39 is 0 Å². The first-order chi connectivity index (χ1) is 24.7. The first-order valence-corrected chi connectivity index (χ1v) is 16.3. The van der Waals surface area contributed by atoms with Gasteiger partial charge in [-0.15, -0.1) is 0 Å². The Hall–Kier alpha value is -7.39. The molecule has 5 heteroatoms. The second-order valence-corrected chi connectivity index (χ2v) is 12.3. The lowest BCUT2D eigenvalue weighted by molar-refractivity contribution is 1.18. The molecule has 50 heavy (non-hydrogen) atoms. The molecule has 0 N–H and O–H groups in total. The molecule has 0 spiro atoms. The maximum Gasteiger partial charge on any atom is 0.211 e. The highest BCUT2D eigenvalue weighted by Crippen LogP contribution is 2.42. The average molecular weight is 636 g/mol. The molecular formula is C45H25N5. The van der Waals surface area contributed by atoms with Gasteiger partial charge in [-0.05, 0) is 82.7 Å². The molecule has 2 heterocycles. The van der Waals surface area contributed by atoms with Gasteiger partial charge in [0, 0.05) is 27.4 Å². The van der Waals surface area contributed by atoms with Crippen LogP contribution in [-0.2, 0) is 0 Å². The van der Waals surface area contributed by atoms with Crippen LogP contribution >= 0.6 is 0 Å². The van der Waals surface area contributed by atoms with E-state index in [0.29, 0.717) is 16.8 Å². The van der Waals surface area contributed by atoms with Gasteiger partial charge in [-0.1, -0.05) is 91.0 Å². The Labute approximate surface area is 288 Å². The molecule has 0 amide bonds. The van der Waals surface area contributed by atoms with Crippen LogP contribution in [0.25, 0.3) is 82.1 Å². The fourth-order valence-corrected chi connectivity index (χ4v) is 7.46. The van der Waals surface area contributed by atoms with Gasteiger partial charge in [0.25, 0.3) is 0 Å². The Kier molecular flexibility index (Phi) is 6.56. The zero-order chi connectivity index (χ0) is 33.8. The molecule has 230 valence electrons. The molecule has 0 unspecified atom stereocenters. The van der Waals surface area contributed by atoms with Gasteiger partial charge in [-0.3, -0.25) is 0 Å². The SMILES string of the molecule is [C-]#[N+]c1cccc2c3cc(C#N)ccc3n(-c3cccc(-c4ccccc4-c4cc(C#N)ccc4-n4c5ccccc5c5ccccc54)c3)c12. The van der Waals surface area contributed by atoms with Crippen LogP contribution in [0.4, 0.5) is 5.69 Å². The van der Waals surface area contributed by atoms with Crippen molar-refractivity contribution in [3.63, 3.8) is 0 Å². The van der Waals surface area contributed by atoms with Crippen molar-refractivity contribution in [2.45, 2.75) is 0 Å². The van der Waals surface area contributed by atoms with Crippen molar-refractivity contribution < 1.29 is 0 Å². The van der Waals surface area contributed by atoms with E-state index in [1.54, 1.807) is 0 Å². The van der Waals surface area contributed by atoms with Crippen molar-refractivity contribution in [1.82, 2.24) is 9.13 Å². The number of fused-ring (bicyclic) bond motifs is 6. The van der Waals surface area contributed by atoms with Gasteiger partial charge >= 0.3 is 0 Å². The number of aromatic nitrogens is 2. The molecule has 5 nitrogen and oxygen atoms in total. The van der Waals surface area contributed by atoms with Crippen LogP contribution in [0.3, 0.4) is 0 Å². The zero-order valence-corrected chi connectivity index (χ0v) is 26.7. The van der Waals surface area contributed by atoms with Crippen LogP contribution in [0.2, 0.25) is 0 Å². The quantitative estimate of drug-likeness (QED) is 0.181. The Bertz CT molecular complexity index is 2920. The van der Waals surface area contributed by atoms with Crippen molar-refractivity contribution in [2.24, 2.45) is 0 Å². The molecular weight excluding hydrogens is 611 g/mol. The minimum atomic E-state index is 0.548. The predicted molar refractivity (Wildman–Crippen MR) is 202 cm³/mol. The Morgan fingerprint density at radius 1 is 0.480 bits per heavy atom. The van der Waals surface area contributed by atoms with Crippen molar-refractivity contribution in [3.05, 3.63) is 174 Å². The summed E-state index contributed by atoms with van der Waals surface area (Å²) in [7, 11) is 0. The molecule has 0 fully saturated rings. The number of rotatable bonds is 4. The molecule has 0 bridgehead atoms. The fourth-order valence-electron chi connectivity index (χ4n) is 7.46. The summed E-state index contributed by atoms with van der Waals surface area (Å²) >= 11 is 0. The van der Waals surface area contributed by atoms with E-state index in [1.165, 1.54) is 10.8 Å². The van der Waals surface area contributed by atoms with Gasteiger partial charge in [0.1, 0.15) is 0 Å². The third-order valence-corrected chi connectivity index (χ3v) is 9.59. The number of nitrogens with zero attached hydrogens (tertiary/aromatic N) is 5. The predicted octanol–water partition coefficient (Wildman–Crippen LogP) is 11.5. The number of nitriles is 2. The van der Waals surface area contributed by atoms with E-state index in [1.807, 2.05) is 66.7 Å². The molecule has 0 aliphatic carbocycles. The van der Waals surface area contributed by atoms with E-state index >= 15 is 0 Å². The van der Waals surface area contributed by atoms with Gasteiger partial charge in [-0.25, -0.2) is 4.85 Å². The molecule has 9 aromatic rings.